The monoisotopic (exact) mass is 206 g/mol. The molecule has 1 rings (SSSR count). The molecule has 0 heterocycles. The smallest absolute Gasteiger partial charge is 0.405 e. The first kappa shape index (κ1) is 10.6. The van der Waals surface area contributed by atoms with Crippen LogP contribution in [0.15, 0.2) is 18.2 Å². The van der Waals surface area contributed by atoms with Crippen LogP contribution in [0.3, 0.4) is 0 Å². The summed E-state index contributed by atoms with van der Waals surface area (Å²) in [6.07, 6.45) is -4.72. The highest BCUT2D eigenvalue weighted by Gasteiger charge is 2.32. The molecule has 1 aromatic rings. The molecule has 0 radical (unpaired) electrons. The van der Waals surface area contributed by atoms with Crippen LogP contribution in [0, 0.1) is 0 Å². The number of benzene rings is 1. The Bertz CT molecular complexity index is 325. The van der Waals surface area contributed by atoms with Gasteiger partial charge in [-0.15, -0.1) is 13.2 Å². The van der Waals surface area contributed by atoms with Gasteiger partial charge in [0.2, 0.25) is 0 Å². The Balaban J connectivity index is 3.02. The van der Waals surface area contributed by atoms with Crippen LogP contribution in [0.2, 0.25) is 0 Å². The minimum Gasteiger partial charge on any atom is -0.405 e. The third kappa shape index (κ3) is 2.53. The molecule has 3 nitrogen and oxygen atoms in total. The highest BCUT2D eigenvalue weighted by Crippen LogP contribution is 2.29. The van der Waals surface area contributed by atoms with Gasteiger partial charge in [0.25, 0.3) is 0 Å². The van der Waals surface area contributed by atoms with Crippen molar-refractivity contribution in [2.24, 2.45) is 5.73 Å². The van der Waals surface area contributed by atoms with E-state index in [9.17, 15) is 13.2 Å². The minimum absolute atomic E-state index is 0.0991. The molecule has 6 heteroatoms. The predicted molar refractivity (Wildman–Crippen MR) is 45.4 cm³/mol. The maximum Gasteiger partial charge on any atom is 0.573 e. The number of nitrogen functional groups attached to an aromatic ring is 1. The van der Waals surface area contributed by atoms with Crippen molar-refractivity contribution in [3.63, 3.8) is 0 Å². The zero-order chi connectivity index (χ0) is 10.8. The molecule has 0 atom stereocenters. The van der Waals surface area contributed by atoms with Crippen LogP contribution in [0.4, 0.5) is 18.9 Å². The Hall–Kier alpha value is -1.43. The molecule has 0 bridgehead atoms. The molecule has 0 unspecified atom stereocenters. The third-order valence-electron chi connectivity index (χ3n) is 1.60. The fraction of sp³-hybridized carbons (Fsp3) is 0.250. The van der Waals surface area contributed by atoms with Crippen LogP contribution in [-0.2, 0) is 6.54 Å². The number of rotatable bonds is 2. The van der Waals surface area contributed by atoms with E-state index in [-0.39, 0.29) is 23.5 Å². The van der Waals surface area contributed by atoms with Crippen molar-refractivity contribution in [2.75, 3.05) is 5.73 Å². The van der Waals surface area contributed by atoms with Crippen molar-refractivity contribution < 1.29 is 17.9 Å². The molecule has 1 aromatic carbocycles. The lowest BCUT2D eigenvalue weighted by atomic mass is 10.1. The Labute approximate surface area is 78.5 Å². The summed E-state index contributed by atoms with van der Waals surface area (Å²) in [5.41, 5.74) is 11.0. The summed E-state index contributed by atoms with van der Waals surface area (Å²) >= 11 is 0. The van der Waals surface area contributed by atoms with Gasteiger partial charge in [-0.05, 0) is 12.1 Å². The van der Waals surface area contributed by atoms with Crippen LogP contribution in [-0.4, -0.2) is 6.36 Å². The van der Waals surface area contributed by atoms with Gasteiger partial charge in [0.1, 0.15) is 5.75 Å². The van der Waals surface area contributed by atoms with Gasteiger partial charge in [-0.25, -0.2) is 0 Å². The highest BCUT2D eigenvalue weighted by molar-refractivity contribution is 5.54. The molecular formula is C8H9F3N2O. The first-order valence-electron chi connectivity index (χ1n) is 3.77. The first-order chi connectivity index (χ1) is 6.44. The molecule has 0 aliphatic carbocycles. The topological polar surface area (TPSA) is 61.3 Å². The third-order valence-corrected chi connectivity index (χ3v) is 1.60. The molecule has 0 aromatic heterocycles. The summed E-state index contributed by atoms with van der Waals surface area (Å²) in [5, 5.41) is 0. The number of hydrogen-bond acceptors (Lipinski definition) is 3. The average Bonchev–Trinajstić information content (AvgIpc) is 2.01. The summed E-state index contributed by atoms with van der Waals surface area (Å²) in [5.74, 6) is -0.347. The van der Waals surface area contributed by atoms with Gasteiger partial charge >= 0.3 is 6.36 Å². The summed E-state index contributed by atoms with van der Waals surface area (Å²) in [6, 6.07) is 4.01. The number of nitrogens with two attached hydrogens (primary N) is 2. The summed E-state index contributed by atoms with van der Waals surface area (Å²) in [6.45, 7) is -0.0991. The normalized spacial score (nSPS) is 11.4. The number of hydrogen-bond donors (Lipinski definition) is 2. The van der Waals surface area contributed by atoms with E-state index in [4.69, 9.17) is 11.5 Å². The predicted octanol–water partition coefficient (Wildman–Crippen LogP) is 1.63. The minimum atomic E-state index is -4.72. The molecule has 78 valence electrons. The summed E-state index contributed by atoms with van der Waals surface area (Å²) in [7, 11) is 0. The molecular weight excluding hydrogens is 197 g/mol. The second kappa shape index (κ2) is 3.75. The lowest BCUT2D eigenvalue weighted by Crippen LogP contribution is -2.19. The van der Waals surface area contributed by atoms with Gasteiger partial charge in [0.05, 0.1) is 0 Å². The van der Waals surface area contributed by atoms with Gasteiger partial charge in [-0.2, -0.15) is 0 Å². The molecule has 0 amide bonds. The number of ether oxygens (including phenoxy) is 1. The van der Waals surface area contributed by atoms with Crippen molar-refractivity contribution in [2.45, 2.75) is 12.9 Å². The lowest BCUT2D eigenvalue weighted by Gasteiger charge is -2.13. The second-order valence-electron chi connectivity index (χ2n) is 2.58. The molecule has 0 aliphatic rings. The maximum atomic E-state index is 11.9. The fourth-order valence-electron chi connectivity index (χ4n) is 1.02. The van der Waals surface area contributed by atoms with Crippen molar-refractivity contribution in [1.82, 2.24) is 0 Å². The average molecular weight is 206 g/mol. The standard InChI is InChI=1S/C8H9F3N2O/c9-8(10,11)14-7-3-1-2-6(13)5(7)4-12/h1-3H,4,12-13H2. The van der Waals surface area contributed by atoms with E-state index in [0.717, 1.165) is 0 Å². The molecule has 0 aliphatic heterocycles. The van der Waals surface area contributed by atoms with Gasteiger partial charge < -0.3 is 16.2 Å². The van der Waals surface area contributed by atoms with Crippen LogP contribution in [0.25, 0.3) is 0 Å². The highest BCUT2D eigenvalue weighted by atomic mass is 19.4. The van der Waals surface area contributed by atoms with E-state index in [1.807, 2.05) is 0 Å². The molecule has 0 spiro atoms. The van der Waals surface area contributed by atoms with Crippen LogP contribution < -0.4 is 16.2 Å². The van der Waals surface area contributed by atoms with Crippen LogP contribution in [0.1, 0.15) is 5.56 Å². The molecule has 0 fully saturated rings. The Morgan fingerprint density at radius 3 is 2.43 bits per heavy atom. The number of anilines is 1. The summed E-state index contributed by atoms with van der Waals surface area (Å²) < 4.78 is 39.4. The zero-order valence-corrected chi connectivity index (χ0v) is 7.14. The fourth-order valence-corrected chi connectivity index (χ4v) is 1.02. The van der Waals surface area contributed by atoms with E-state index in [2.05, 4.69) is 4.74 Å². The first-order valence-corrected chi connectivity index (χ1v) is 3.77. The van der Waals surface area contributed by atoms with E-state index >= 15 is 0 Å². The van der Waals surface area contributed by atoms with Gasteiger partial charge in [0, 0.05) is 17.8 Å². The second-order valence-corrected chi connectivity index (χ2v) is 2.58. The Morgan fingerprint density at radius 2 is 1.93 bits per heavy atom. The van der Waals surface area contributed by atoms with Crippen molar-refractivity contribution >= 4 is 5.69 Å². The summed E-state index contributed by atoms with van der Waals surface area (Å²) in [4.78, 5) is 0. The molecule has 14 heavy (non-hydrogen) atoms. The van der Waals surface area contributed by atoms with E-state index < -0.39 is 6.36 Å². The maximum absolute atomic E-state index is 11.9. The number of halogens is 3. The van der Waals surface area contributed by atoms with E-state index in [1.54, 1.807) is 0 Å². The van der Waals surface area contributed by atoms with Crippen LogP contribution in [0.5, 0.6) is 5.75 Å². The van der Waals surface area contributed by atoms with Gasteiger partial charge in [0.15, 0.2) is 0 Å². The largest absolute Gasteiger partial charge is 0.573 e. The van der Waals surface area contributed by atoms with E-state index in [0.29, 0.717) is 0 Å². The lowest BCUT2D eigenvalue weighted by molar-refractivity contribution is -0.274. The SMILES string of the molecule is NCc1c(N)cccc1OC(F)(F)F. The Morgan fingerprint density at radius 1 is 1.29 bits per heavy atom. The van der Waals surface area contributed by atoms with Gasteiger partial charge in [-0.3, -0.25) is 0 Å². The van der Waals surface area contributed by atoms with Gasteiger partial charge in [-0.1, -0.05) is 6.07 Å². The molecule has 4 N–H and O–H groups in total. The quantitative estimate of drug-likeness (QED) is 0.723. The molecule has 0 saturated heterocycles. The Kier molecular flexibility index (Phi) is 2.85. The molecule has 0 saturated carbocycles. The zero-order valence-electron chi connectivity index (χ0n) is 7.14. The van der Waals surface area contributed by atoms with E-state index in [1.165, 1.54) is 18.2 Å². The van der Waals surface area contributed by atoms with Crippen molar-refractivity contribution in [3.8, 4) is 5.75 Å². The van der Waals surface area contributed by atoms with Crippen molar-refractivity contribution in [3.05, 3.63) is 23.8 Å². The number of alkyl halides is 3. The van der Waals surface area contributed by atoms with Crippen molar-refractivity contribution in [1.29, 1.82) is 0 Å². The van der Waals surface area contributed by atoms with Crippen LogP contribution >= 0.6 is 0 Å².